The molecule has 0 N–H and O–H groups in total. The highest BCUT2D eigenvalue weighted by molar-refractivity contribution is 7.82. The third kappa shape index (κ3) is 3.36. The second kappa shape index (κ2) is 5.75. The Hall–Kier alpha value is -2.34. The van der Waals surface area contributed by atoms with E-state index < -0.39 is 16.4 Å². The number of rotatable bonds is 4. The number of benzene rings is 2. The molecule has 20 heavy (non-hydrogen) atoms. The van der Waals surface area contributed by atoms with Crippen molar-refractivity contribution in [3.05, 3.63) is 54.6 Å². The average molecular weight is 292 g/mol. The molecule has 2 aromatic carbocycles. The molecule has 0 saturated carbocycles. The van der Waals surface area contributed by atoms with Crippen LogP contribution < -0.4 is 4.18 Å². The van der Waals surface area contributed by atoms with Gasteiger partial charge in [-0.15, -0.1) is 8.42 Å². The third-order valence-electron chi connectivity index (χ3n) is 2.43. The fourth-order valence-electron chi connectivity index (χ4n) is 1.66. The predicted octanol–water partition coefficient (Wildman–Crippen LogP) is 2.58. The zero-order chi connectivity index (χ0) is 14.6. The van der Waals surface area contributed by atoms with Crippen molar-refractivity contribution < 1.29 is 21.6 Å². The van der Waals surface area contributed by atoms with E-state index in [-0.39, 0.29) is 5.75 Å². The van der Waals surface area contributed by atoms with E-state index in [9.17, 15) is 13.2 Å². The first kappa shape index (κ1) is 14.1. The van der Waals surface area contributed by atoms with Gasteiger partial charge >= 0.3 is 16.4 Å². The van der Waals surface area contributed by atoms with Gasteiger partial charge in [-0.2, -0.15) is 0 Å². The van der Waals surface area contributed by atoms with E-state index >= 15 is 0 Å². The van der Waals surface area contributed by atoms with E-state index in [0.717, 1.165) is 11.5 Å². The lowest BCUT2D eigenvalue weighted by atomic mass is 10.1. The van der Waals surface area contributed by atoms with Crippen LogP contribution in [0.4, 0.5) is 0 Å². The van der Waals surface area contributed by atoms with Gasteiger partial charge in [-0.25, -0.2) is 4.79 Å². The van der Waals surface area contributed by atoms with E-state index in [1.54, 1.807) is 25.1 Å². The summed E-state index contributed by atoms with van der Waals surface area (Å²) in [6.45, 7) is 1.57. The van der Waals surface area contributed by atoms with Crippen LogP contribution in [0.15, 0.2) is 54.6 Å². The summed E-state index contributed by atoms with van der Waals surface area (Å²) >= 11 is 0. The van der Waals surface area contributed by atoms with E-state index in [2.05, 4.69) is 4.18 Å². The average Bonchev–Trinajstić information content (AvgIpc) is 2.38. The summed E-state index contributed by atoms with van der Waals surface area (Å²) in [7, 11) is -4.45. The van der Waals surface area contributed by atoms with Gasteiger partial charge < -0.3 is 8.37 Å². The highest BCUT2D eigenvalue weighted by Gasteiger charge is 2.19. The fourth-order valence-corrected chi connectivity index (χ4v) is 2.32. The molecule has 104 valence electrons. The molecule has 0 aromatic heterocycles. The smallest absolute Gasteiger partial charge is 0.352 e. The fraction of sp³-hybridized carbons (Fsp3) is 0.0714. The highest BCUT2D eigenvalue weighted by Crippen LogP contribution is 2.26. The number of carbonyl (C=O) groups excluding carboxylic acids is 1. The van der Waals surface area contributed by atoms with E-state index in [1.165, 1.54) is 12.1 Å². The lowest BCUT2D eigenvalue weighted by Gasteiger charge is -2.08. The Morgan fingerprint density at radius 3 is 2.55 bits per heavy atom. The Labute approximate surface area is 116 Å². The molecule has 0 bridgehead atoms. The first-order valence-corrected chi connectivity index (χ1v) is 7.13. The molecule has 5 nitrogen and oxygen atoms in total. The lowest BCUT2D eigenvalue weighted by molar-refractivity contribution is -0.128. The largest absolute Gasteiger partial charge is 0.503 e. The predicted molar refractivity (Wildman–Crippen MR) is 74.4 cm³/mol. The zero-order valence-corrected chi connectivity index (χ0v) is 11.5. The Morgan fingerprint density at radius 2 is 1.80 bits per heavy atom. The second-order valence-electron chi connectivity index (χ2n) is 3.87. The van der Waals surface area contributed by atoms with Crippen LogP contribution in [0.5, 0.6) is 5.75 Å². The molecule has 0 aliphatic rings. The molecule has 0 unspecified atom stereocenters. The molecule has 6 heteroatoms. The van der Waals surface area contributed by atoms with Gasteiger partial charge in [0.25, 0.3) is 0 Å². The number of carbonyl (C=O) groups is 1. The van der Waals surface area contributed by atoms with Crippen LogP contribution in [0.3, 0.4) is 0 Å². The Bertz CT molecular complexity index is 757. The molecule has 0 heterocycles. The molecule has 2 rings (SSSR count). The van der Waals surface area contributed by atoms with E-state index in [4.69, 9.17) is 4.18 Å². The summed E-state index contributed by atoms with van der Waals surface area (Å²) in [5.74, 6) is -0.899. The molecule has 0 amide bonds. The van der Waals surface area contributed by atoms with Crippen molar-refractivity contribution in [1.29, 1.82) is 0 Å². The minimum Gasteiger partial charge on any atom is -0.352 e. The Kier molecular flexibility index (Phi) is 4.05. The molecule has 0 saturated heterocycles. The molecule has 0 aliphatic carbocycles. The van der Waals surface area contributed by atoms with Crippen molar-refractivity contribution in [3.8, 4) is 5.75 Å². The zero-order valence-electron chi connectivity index (χ0n) is 10.6. The van der Waals surface area contributed by atoms with Crippen molar-refractivity contribution in [2.45, 2.75) is 6.92 Å². The maximum Gasteiger partial charge on any atom is 0.503 e. The maximum absolute atomic E-state index is 11.6. The van der Waals surface area contributed by atoms with Gasteiger partial charge in [0.05, 0.1) is 0 Å². The normalized spacial score (nSPS) is 11.7. The van der Waals surface area contributed by atoms with Crippen LogP contribution in [0, 0.1) is 0 Å². The van der Waals surface area contributed by atoms with E-state index in [1.807, 2.05) is 18.2 Å². The number of allylic oxidation sites excluding steroid dienone is 1. The first-order valence-electron chi connectivity index (χ1n) is 5.80. The summed E-state index contributed by atoms with van der Waals surface area (Å²) in [4.78, 5) is 11.1. The van der Waals surface area contributed by atoms with Crippen LogP contribution in [0.2, 0.25) is 0 Å². The second-order valence-corrected chi connectivity index (χ2v) is 5.02. The van der Waals surface area contributed by atoms with Gasteiger partial charge in [0.2, 0.25) is 0 Å². The Morgan fingerprint density at radius 1 is 1.10 bits per heavy atom. The van der Waals surface area contributed by atoms with Crippen molar-refractivity contribution in [2.75, 3.05) is 0 Å². The van der Waals surface area contributed by atoms with Crippen LogP contribution in [-0.4, -0.2) is 14.4 Å². The van der Waals surface area contributed by atoms with Gasteiger partial charge in [-0.1, -0.05) is 42.5 Å². The monoisotopic (exact) mass is 292 g/mol. The highest BCUT2D eigenvalue weighted by atomic mass is 32.3. The summed E-state index contributed by atoms with van der Waals surface area (Å²) < 4.78 is 32.3. The van der Waals surface area contributed by atoms with Gasteiger partial charge in [0, 0.05) is 11.5 Å². The summed E-state index contributed by atoms with van der Waals surface area (Å²) in [5.41, 5.74) is 0. The van der Waals surface area contributed by atoms with Gasteiger partial charge in [-0.05, 0) is 18.4 Å². The minimum absolute atomic E-state index is 0.108. The summed E-state index contributed by atoms with van der Waals surface area (Å²) in [6, 6.07) is 12.1. The standard InChI is InChI=1S/C14H12O5S/c1-2-6-14(15)19-20(16,17)18-13-10-5-8-11-7-3-4-9-12(11)13/h2-10H,1H3. The molecule has 0 fully saturated rings. The molecule has 0 atom stereocenters. The van der Waals surface area contributed by atoms with Crippen LogP contribution in [-0.2, 0) is 19.4 Å². The van der Waals surface area contributed by atoms with Crippen LogP contribution >= 0.6 is 0 Å². The number of hydrogen-bond acceptors (Lipinski definition) is 5. The maximum atomic E-state index is 11.6. The van der Waals surface area contributed by atoms with Crippen LogP contribution in [0.1, 0.15) is 6.92 Å². The summed E-state index contributed by atoms with van der Waals surface area (Å²) in [6.07, 6.45) is 2.36. The van der Waals surface area contributed by atoms with Crippen molar-refractivity contribution in [1.82, 2.24) is 0 Å². The van der Waals surface area contributed by atoms with E-state index in [0.29, 0.717) is 5.39 Å². The molecular weight excluding hydrogens is 280 g/mol. The lowest BCUT2D eigenvalue weighted by Crippen LogP contribution is -2.17. The minimum atomic E-state index is -4.45. The molecule has 0 aliphatic heterocycles. The number of hydrogen-bond donors (Lipinski definition) is 0. The van der Waals surface area contributed by atoms with Gasteiger partial charge in [-0.3, -0.25) is 0 Å². The number of fused-ring (bicyclic) bond motifs is 1. The molecular formula is C14H12O5S. The van der Waals surface area contributed by atoms with Crippen LogP contribution in [0.25, 0.3) is 10.8 Å². The van der Waals surface area contributed by atoms with Gasteiger partial charge in [0.1, 0.15) is 0 Å². The SMILES string of the molecule is CC=CC(=O)OS(=O)(=O)Oc1cccc2ccccc12. The van der Waals surface area contributed by atoms with Crippen molar-refractivity contribution >= 4 is 27.1 Å². The Balaban J connectivity index is 2.30. The summed E-state index contributed by atoms with van der Waals surface area (Å²) in [5, 5.41) is 1.43. The van der Waals surface area contributed by atoms with Crippen molar-refractivity contribution in [3.63, 3.8) is 0 Å². The van der Waals surface area contributed by atoms with Crippen molar-refractivity contribution in [2.24, 2.45) is 0 Å². The third-order valence-corrected chi connectivity index (χ3v) is 3.18. The molecule has 0 radical (unpaired) electrons. The molecule has 0 spiro atoms. The first-order chi connectivity index (χ1) is 9.52. The topological polar surface area (TPSA) is 69.7 Å². The quantitative estimate of drug-likeness (QED) is 0.810. The van der Waals surface area contributed by atoms with Gasteiger partial charge in [0.15, 0.2) is 5.75 Å². The molecule has 2 aromatic rings.